The van der Waals surface area contributed by atoms with E-state index in [4.69, 9.17) is 0 Å². The van der Waals surface area contributed by atoms with Crippen LogP contribution >= 0.6 is 0 Å². The SMILES string of the molecule is Cc1cnccc1-c1cc(-c2ccnc3[nH]ccc23)cc(=O)[nH]1. The van der Waals surface area contributed by atoms with E-state index in [0.717, 1.165) is 39.0 Å². The molecular weight excluding hydrogens is 288 g/mol. The normalized spacial score (nSPS) is 11.0. The van der Waals surface area contributed by atoms with Crippen molar-refractivity contribution in [3.8, 4) is 22.4 Å². The maximum absolute atomic E-state index is 12.1. The van der Waals surface area contributed by atoms with Gasteiger partial charge in [-0.3, -0.25) is 9.78 Å². The van der Waals surface area contributed by atoms with E-state index in [0.29, 0.717) is 0 Å². The Morgan fingerprint density at radius 3 is 2.78 bits per heavy atom. The molecule has 0 bridgehead atoms. The molecule has 0 atom stereocenters. The minimum absolute atomic E-state index is 0.130. The number of aryl methyl sites for hydroxylation is 1. The van der Waals surface area contributed by atoms with Crippen LogP contribution in [0.1, 0.15) is 5.56 Å². The van der Waals surface area contributed by atoms with Gasteiger partial charge in [0.2, 0.25) is 5.56 Å². The van der Waals surface area contributed by atoms with Gasteiger partial charge in [0.25, 0.3) is 0 Å². The highest BCUT2D eigenvalue weighted by atomic mass is 16.1. The summed E-state index contributed by atoms with van der Waals surface area (Å²) >= 11 is 0. The lowest BCUT2D eigenvalue weighted by Crippen LogP contribution is -2.06. The first-order valence-corrected chi connectivity index (χ1v) is 7.30. The number of hydrogen-bond donors (Lipinski definition) is 2. The van der Waals surface area contributed by atoms with Crippen molar-refractivity contribution in [3.63, 3.8) is 0 Å². The monoisotopic (exact) mass is 302 g/mol. The molecule has 5 heteroatoms. The summed E-state index contributed by atoms with van der Waals surface area (Å²) in [6.07, 6.45) is 7.11. The van der Waals surface area contributed by atoms with E-state index in [1.54, 1.807) is 24.7 Å². The van der Waals surface area contributed by atoms with E-state index < -0.39 is 0 Å². The molecule has 0 fully saturated rings. The third-order valence-corrected chi connectivity index (χ3v) is 3.93. The Morgan fingerprint density at radius 2 is 1.91 bits per heavy atom. The Labute approximate surface area is 132 Å². The molecule has 0 aliphatic heterocycles. The van der Waals surface area contributed by atoms with Gasteiger partial charge < -0.3 is 9.97 Å². The lowest BCUT2D eigenvalue weighted by Gasteiger charge is -2.08. The van der Waals surface area contributed by atoms with Crippen molar-refractivity contribution in [2.24, 2.45) is 0 Å². The maximum atomic E-state index is 12.1. The zero-order chi connectivity index (χ0) is 15.8. The molecule has 5 nitrogen and oxygen atoms in total. The quantitative estimate of drug-likeness (QED) is 0.596. The Kier molecular flexibility index (Phi) is 3.05. The number of H-pyrrole nitrogens is 2. The number of aromatic nitrogens is 4. The zero-order valence-electron chi connectivity index (χ0n) is 12.5. The fourth-order valence-electron chi connectivity index (χ4n) is 2.83. The summed E-state index contributed by atoms with van der Waals surface area (Å²) in [6, 6.07) is 9.40. The van der Waals surface area contributed by atoms with Gasteiger partial charge in [0, 0.05) is 47.5 Å². The van der Waals surface area contributed by atoms with E-state index in [9.17, 15) is 4.79 Å². The zero-order valence-corrected chi connectivity index (χ0v) is 12.5. The Bertz CT molecular complexity index is 1060. The van der Waals surface area contributed by atoms with Crippen LogP contribution in [-0.2, 0) is 0 Å². The Morgan fingerprint density at radius 1 is 1.04 bits per heavy atom. The van der Waals surface area contributed by atoms with Crippen molar-refractivity contribution < 1.29 is 0 Å². The van der Waals surface area contributed by atoms with Crippen LogP contribution in [0.5, 0.6) is 0 Å². The van der Waals surface area contributed by atoms with Gasteiger partial charge in [0.15, 0.2) is 0 Å². The van der Waals surface area contributed by atoms with Gasteiger partial charge in [-0.25, -0.2) is 4.98 Å². The predicted octanol–water partition coefficient (Wildman–Crippen LogP) is 3.29. The summed E-state index contributed by atoms with van der Waals surface area (Å²) in [5.74, 6) is 0. The lowest BCUT2D eigenvalue weighted by molar-refractivity contribution is 1.21. The van der Waals surface area contributed by atoms with Crippen LogP contribution in [0.3, 0.4) is 0 Å². The van der Waals surface area contributed by atoms with Gasteiger partial charge in [0.05, 0.1) is 0 Å². The molecular formula is C18H14N4O. The van der Waals surface area contributed by atoms with Crippen LogP contribution in [0.2, 0.25) is 0 Å². The van der Waals surface area contributed by atoms with Crippen LogP contribution in [0.25, 0.3) is 33.4 Å². The van der Waals surface area contributed by atoms with Gasteiger partial charge >= 0.3 is 0 Å². The van der Waals surface area contributed by atoms with Gasteiger partial charge in [-0.1, -0.05) is 0 Å². The second kappa shape index (κ2) is 5.21. The highest BCUT2D eigenvalue weighted by Gasteiger charge is 2.09. The number of rotatable bonds is 2. The van der Waals surface area contributed by atoms with Crippen LogP contribution in [0.15, 0.2) is 59.9 Å². The maximum Gasteiger partial charge on any atom is 0.249 e. The molecule has 4 aromatic heterocycles. The molecule has 0 aliphatic carbocycles. The number of fused-ring (bicyclic) bond motifs is 1. The molecule has 0 aromatic carbocycles. The molecule has 0 radical (unpaired) electrons. The molecule has 4 rings (SSSR count). The summed E-state index contributed by atoms with van der Waals surface area (Å²) in [4.78, 5) is 26.6. The first-order valence-electron chi connectivity index (χ1n) is 7.30. The molecule has 2 N–H and O–H groups in total. The minimum Gasteiger partial charge on any atom is -0.346 e. The summed E-state index contributed by atoms with van der Waals surface area (Å²) in [5.41, 5.74) is 5.30. The van der Waals surface area contributed by atoms with Crippen molar-refractivity contribution in [2.45, 2.75) is 6.92 Å². The number of aromatic amines is 2. The molecule has 0 spiro atoms. The second-order valence-corrected chi connectivity index (χ2v) is 5.44. The smallest absolute Gasteiger partial charge is 0.249 e. The molecule has 0 saturated heterocycles. The first-order chi connectivity index (χ1) is 11.2. The first kappa shape index (κ1) is 13.5. The van der Waals surface area contributed by atoms with Crippen molar-refractivity contribution in [2.75, 3.05) is 0 Å². The molecule has 0 aliphatic rings. The molecule has 23 heavy (non-hydrogen) atoms. The fraction of sp³-hybridized carbons (Fsp3) is 0.0556. The number of hydrogen-bond acceptors (Lipinski definition) is 3. The van der Waals surface area contributed by atoms with Crippen molar-refractivity contribution >= 4 is 11.0 Å². The largest absolute Gasteiger partial charge is 0.346 e. The van der Waals surface area contributed by atoms with E-state index in [2.05, 4.69) is 19.9 Å². The second-order valence-electron chi connectivity index (χ2n) is 5.44. The average molecular weight is 302 g/mol. The van der Waals surface area contributed by atoms with Crippen LogP contribution in [0.4, 0.5) is 0 Å². The van der Waals surface area contributed by atoms with Gasteiger partial charge in [-0.2, -0.15) is 0 Å². The highest BCUT2D eigenvalue weighted by Crippen LogP contribution is 2.29. The minimum atomic E-state index is -0.130. The Balaban J connectivity index is 1.96. The van der Waals surface area contributed by atoms with Gasteiger partial charge in [-0.05, 0) is 47.9 Å². The number of nitrogens with one attached hydrogen (secondary N) is 2. The highest BCUT2D eigenvalue weighted by molar-refractivity contribution is 5.93. The Hall–Kier alpha value is -3.21. The molecule has 4 heterocycles. The standard InChI is InChI=1S/C18H14N4O/c1-11-10-19-5-2-13(11)16-8-12(9-17(23)22-16)14-3-6-20-18-15(14)4-7-21-18/h2-10H,1H3,(H,20,21)(H,22,23). The van der Waals surface area contributed by atoms with Crippen LogP contribution < -0.4 is 5.56 Å². The summed E-state index contributed by atoms with van der Waals surface area (Å²) in [7, 11) is 0. The number of nitrogens with zero attached hydrogens (tertiary/aromatic N) is 2. The number of pyridine rings is 3. The van der Waals surface area contributed by atoms with Crippen molar-refractivity contribution in [1.82, 2.24) is 19.9 Å². The predicted molar refractivity (Wildman–Crippen MR) is 90.1 cm³/mol. The third-order valence-electron chi connectivity index (χ3n) is 3.93. The van der Waals surface area contributed by atoms with Crippen LogP contribution in [0, 0.1) is 6.92 Å². The van der Waals surface area contributed by atoms with Gasteiger partial charge in [0.1, 0.15) is 5.65 Å². The summed E-state index contributed by atoms with van der Waals surface area (Å²) < 4.78 is 0. The summed E-state index contributed by atoms with van der Waals surface area (Å²) in [6.45, 7) is 1.98. The average Bonchev–Trinajstić information content (AvgIpc) is 3.03. The van der Waals surface area contributed by atoms with Crippen LogP contribution in [-0.4, -0.2) is 19.9 Å². The third kappa shape index (κ3) is 2.32. The summed E-state index contributed by atoms with van der Waals surface area (Å²) in [5, 5.41) is 0.996. The van der Waals surface area contributed by atoms with Crippen molar-refractivity contribution in [3.05, 3.63) is 71.0 Å². The molecule has 0 saturated carbocycles. The van der Waals surface area contributed by atoms with Crippen molar-refractivity contribution in [1.29, 1.82) is 0 Å². The molecule has 0 unspecified atom stereocenters. The topological polar surface area (TPSA) is 74.4 Å². The van der Waals surface area contributed by atoms with E-state index >= 15 is 0 Å². The molecule has 112 valence electrons. The van der Waals surface area contributed by atoms with E-state index in [-0.39, 0.29) is 5.56 Å². The fourth-order valence-corrected chi connectivity index (χ4v) is 2.83. The lowest BCUT2D eigenvalue weighted by atomic mass is 10.0. The van der Waals surface area contributed by atoms with E-state index in [1.807, 2.05) is 37.4 Å². The molecule has 0 amide bonds. The van der Waals surface area contributed by atoms with Gasteiger partial charge in [-0.15, -0.1) is 0 Å². The molecule has 4 aromatic rings. The van der Waals surface area contributed by atoms with E-state index in [1.165, 1.54) is 0 Å².